The Bertz CT molecular complexity index is 621. The maximum Gasteiger partial charge on any atom is 0.156 e. The molecule has 0 unspecified atom stereocenters. The minimum atomic E-state index is -0.213. The molecule has 2 rings (SSSR count). The number of benzene rings is 2. The standard InChI is InChI=1S/C18H20Cl2FNO/c1-12(2)23-18-16(19)9-14(10-17(18)20)11-22-8-7-13-3-5-15(21)6-4-13/h3-6,9-10,12,22H,7-8,11H2,1-2H3. The van der Waals surface area contributed by atoms with Crippen LogP contribution in [0.5, 0.6) is 5.75 Å². The van der Waals surface area contributed by atoms with Crippen LogP contribution in [0.1, 0.15) is 25.0 Å². The molecule has 0 spiro atoms. The van der Waals surface area contributed by atoms with Gasteiger partial charge in [-0.25, -0.2) is 4.39 Å². The van der Waals surface area contributed by atoms with Gasteiger partial charge in [-0.05, 0) is 62.2 Å². The average molecular weight is 356 g/mol. The van der Waals surface area contributed by atoms with E-state index in [1.54, 1.807) is 12.1 Å². The number of rotatable bonds is 7. The molecule has 0 saturated carbocycles. The van der Waals surface area contributed by atoms with E-state index in [0.29, 0.717) is 22.3 Å². The summed E-state index contributed by atoms with van der Waals surface area (Å²) in [7, 11) is 0. The van der Waals surface area contributed by atoms with Crippen LogP contribution in [0.3, 0.4) is 0 Å². The van der Waals surface area contributed by atoms with Crippen LogP contribution < -0.4 is 10.1 Å². The van der Waals surface area contributed by atoms with Gasteiger partial charge in [-0.2, -0.15) is 0 Å². The lowest BCUT2D eigenvalue weighted by molar-refractivity contribution is 0.242. The Morgan fingerprint density at radius 3 is 2.22 bits per heavy atom. The first kappa shape index (κ1) is 18.1. The molecule has 0 aliphatic rings. The Hall–Kier alpha value is -1.29. The van der Waals surface area contributed by atoms with Crippen molar-refractivity contribution >= 4 is 23.2 Å². The fourth-order valence-electron chi connectivity index (χ4n) is 2.18. The lowest BCUT2D eigenvalue weighted by atomic mass is 10.1. The minimum Gasteiger partial charge on any atom is -0.488 e. The second kappa shape index (κ2) is 8.53. The van der Waals surface area contributed by atoms with Crippen molar-refractivity contribution in [2.45, 2.75) is 32.9 Å². The highest BCUT2D eigenvalue weighted by molar-refractivity contribution is 6.37. The summed E-state index contributed by atoms with van der Waals surface area (Å²) in [4.78, 5) is 0. The van der Waals surface area contributed by atoms with Gasteiger partial charge in [0.25, 0.3) is 0 Å². The third kappa shape index (κ3) is 5.69. The summed E-state index contributed by atoms with van der Waals surface area (Å²) in [6.07, 6.45) is 0.848. The predicted molar refractivity (Wildman–Crippen MR) is 94.0 cm³/mol. The van der Waals surface area contributed by atoms with E-state index in [0.717, 1.165) is 24.1 Å². The summed E-state index contributed by atoms with van der Waals surface area (Å²) in [5.41, 5.74) is 2.09. The van der Waals surface area contributed by atoms with Crippen LogP contribution in [-0.4, -0.2) is 12.6 Å². The van der Waals surface area contributed by atoms with E-state index in [4.69, 9.17) is 27.9 Å². The molecular weight excluding hydrogens is 336 g/mol. The third-order valence-electron chi connectivity index (χ3n) is 3.24. The molecule has 0 heterocycles. The summed E-state index contributed by atoms with van der Waals surface area (Å²) >= 11 is 12.5. The van der Waals surface area contributed by atoms with Crippen molar-refractivity contribution < 1.29 is 9.13 Å². The molecule has 0 atom stereocenters. The average Bonchev–Trinajstić information content (AvgIpc) is 2.49. The van der Waals surface area contributed by atoms with Crippen LogP contribution >= 0.6 is 23.2 Å². The van der Waals surface area contributed by atoms with Crippen molar-refractivity contribution in [3.63, 3.8) is 0 Å². The highest BCUT2D eigenvalue weighted by Crippen LogP contribution is 2.34. The van der Waals surface area contributed by atoms with Crippen LogP contribution in [0.25, 0.3) is 0 Å². The van der Waals surface area contributed by atoms with Crippen LogP contribution in [0, 0.1) is 5.82 Å². The van der Waals surface area contributed by atoms with Gasteiger partial charge in [0.15, 0.2) is 5.75 Å². The van der Waals surface area contributed by atoms with Gasteiger partial charge in [-0.1, -0.05) is 35.3 Å². The zero-order chi connectivity index (χ0) is 16.8. The van der Waals surface area contributed by atoms with E-state index in [2.05, 4.69) is 5.32 Å². The molecule has 1 N–H and O–H groups in total. The highest BCUT2D eigenvalue weighted by atomic mass is 35.5. The van der Waals surface area contributed by atoms with Gasteiger partial charge in [0, 0.05) is 6.54 Å². The smallest absolute Gasteiger partial charge is 0.156 e. The quantitative estimate of drug-likeness (QED) is 0.684. The molecule has 0 amide bonds. The molecule has 0 saturated heterocycles. The van der Waals surface area contributed by atoms with E-state index in [-0.39, 0.29) is 11.9 Å². The van der Waals surface area contributed by atoms with Crippen LogP contribution in [-0.2, 0) is 13.0 Å². The molecule has 0 aromatic heterocycles. The van der Waals surface area contributed by atoms with Gasteiger partial charge in [0.1, 0.15) is 5.82 Å². The van der Waals surface area contributed by atoms with E-state index >= 15 is 0 Å². The van der Waals surface area contributed by atoms with Gasteiger partial charge < -0.3 is 10.1 Å². The SMILES string of the molecule is CC(C)Oc1c(Cl)cc(CNCCc2ccc(F)cc2)cc1Cl. The lowest BCUT2D eigenvalue weighted by Crippen LogP contribution is -2.17. The first-order chi connectivity index (χ1) is 11.0. The number of ether oxygens (including phenoxy) is 1. The number of hydrogen-bond acceptors (Lipinski definition) is 2. The van der Waals surface area contributed by atoms with Crippen molar-refractivity contribution in [3.05, 3.63) is 63.4 Å². The predicted octanol–water partition coefficient (Wildman–Crippen LogP) is 5.25. The van der Waals surface area contributed by atoms with Crippen molar-refractivity contribution in [1.29, 1.82) is 0 Å². The Morgan fingerprint density at radius 1 is 1.04 bits per heavy atom. The second-order valence-electron chi connectivity index (χ2n) is 5.61. The largest absolute Gasteiger partial charge is 0.488 e. The molecular formula is C18H20Cl2FNO. The third-order valence-corrected chi connectivity index (χ3v) is 3.81. The molecule has 23 heavy (non-hydrogen) atoms. The molecule has 2 aromatic rings. The Balaban J connectivity index is 1.87. The van der Waals surface area contributed by atoms with Crippen molar-refractivity contribution in [2.75, 3.05) is 6.54 Å². The zero-order valence-corrected chi connectivity index (χ0v) is 14.7. The van der Waals surface area contributed by atoms with Gasteiger partial charge in [-0.3, -0.25) is 0 Å². The Morgan fingerprint density at radius 2 is 1.65 bits per heavy atom. The van der Waals surface area contributed by atoms with Gasteiger partial charge in [-0.15, -0.1) is 0 Å². The molecule has 0 fully saturated rings. The fourth-order valence-corrected chi connectivity index (χ4v) is 2.80. The molecule has 5 heteroatoms. The minimum absolute atomic E-state index is 0.0182. The molecule has 2 nitrogen and oxygen atoms in total. The van der Waals surface area contributed by atoms with Gasteiger partial charge in [0.2, 0.25) is 0 Å². The van der Waals surface area contributed by atoms with Crippen molar-refractivity contribution in [2.24, 2.45) is 0 Å². The Kier molecular flexibility index (Phi) is 6.70. The van der Waals surface area contributed by atoms with Crippen LogP contribution in [0.2, 0.25) is 10.0 Å². The number of halogens is 3. The lowest BCUT2D eigenvalue weighted by Gasteiger charge is -2.14. The summed E-state index contributed by atoms with van der Waals surface area (Å²) in [6.45, 7) is 5.29. The summed E-state index contributed by atoms with van der Waals surface area (Å²) in [6, 6.07) is 10.3. The van der Waals surface area contributed by atoms with Gasteiger partial charge >= 0.3 is 0 Å². The molecule has 0 bridgehead atoms. The van der Waals surface area contributed by atoms with E-state index in [9.17, 15) is 4.39 Å². The molecule has 0 radical (unpaired) electrons. The summed E-state index contributed by atoms with van der Waals surface area (Å²) in [5.74, 6) is 0.313. The van der Waals surface area contributed by atoms with Crippen molar-refractivity contribution in [3.8, 4) is 5.75 Å². The highest BCUT2D eigenvalue weighted by Gasteiger charge is 2.11. The normalized spacial score (nSPS) is 11.0. The van der Waals surface area contributed by atoms with Gasteiger partial charge in [0.05, 0.1) is 16.1 Å². The van der Waals surface area contributed by atoms with E-state index in [1.807, 2.05) is 26.0 Å². The maximum absolute atomic E-state index is 12.8. The maximum atomic E-state index is 12.8. The monoisotopic (exact) mass is 355 g/mol. The molecule has 0 aliphatic carbocycles. The van der Waals surface area contributed by atoms with E-state index in [1.165, 1.54) is 12.1 Å². The molecule has 0 aliphatic heterocycles. The van der Waals surface area contributed by atoms with Crippen molar-refractivity contribution in [1.82, 2.24) is 5.32 Å². The van der Waals surface area contributed by atoms with Crippen LogP contribution in [0.4, 0.5) is 4.39 Å². The second-order valence-corrected chi connectivity index (χ2v) is 6.42. The topological polar surface area (TPSA) is 21.3 Å². The molecule has 124 valence electrons. The number of hydrogen-bond donors (Lipinski definition) is 1. The Labute approximate surface area is 146 Å². The molecule has 2 aromatic carbocycles. The van der Waals surface area contributed by atoms with E-state index < -0.39 is 0 Å². The van der Waals surface area contributed by atoms with Crippen LogP contribution in [0.15, 0.2) is 36.4 Å². The summed E-state index contributed by atoms with van der Waals surface area (Å²) < 4.78 is 18.4. The first-order valence-corrected chi connectivity index (χ1v) is 8.31. The number of nitrogens with one attached hydrogen (secondary N) is 1. The fraction of sp³-hybridized carbons (Fsp3) is 0.333. The zero-order valence-electron chi connectivity index (χ0n) is 13.2. The summed E-state index contributed by atoms with van der Waals surface area (Å²) in [5, 5.41) is 4.36. The first-order valence-electron chi connectivity index (χ1n) is 7.55.